The molecule has 34 heavy (non-hydrogen) atoms. The zero-order valence-electron chi connectivity index (χ0n) is 22.8. The quantitative estimate of drug-likeness (QED) is 0.179. The van der Waals surface area contributed by atoms with Gasteiger partial charge in [0.05, 0.1) is 24.3 Å². The molecule has 0 aliphatic heterocycles. The molecule has 5 atom stereocenters. The first-order valence-corrected chi connectivity index (χ1v) is 13.0. The van der Waals surface area contributed by atoms with Crippen molar-refractivity contribution in [2.24, 2.45) is 10.9 Å². The van der Waals surface area contributed by atoms with Crippen LogP contribution in [0.2, 0.25) is 0 Å². The van der Waals surface area contributed by atoms with Gasteiger partial charge in [-0.05, 0) is 72.0 Å². The minimum atomic E-state index is -0.350. The maximum atomic E-state index is 9.78. The SMILES string of the molecule is C=C(CC(C#N)NC(C)C(C)CC(Cl)=C(C)CC)C(CC(OCC)C(C)OCCCNC)=NC. The molecule has 0 aliphatic carbocycles. The van der Waals surface area contributed by atoms with Crippen LogP contribution in [-0.4, -0.2) is 63.9 Å². The fourth-order valence-electron chi connectivity index (χ4n) is 3.60. The Kier molecular flexibility index (Phi) is 18.3. The van der Waals surface area contributed by atoms with E-state index in [1.54, 1.807) is 7.05 Å². The monoisotopic (exact) mass is 496 g/mol. The van der Waals surface area contributed by atoms with E-state index in [9.17, 15) is 5.26 Å². The van der Waals surface area contributed by atoms with Gasteiger partial charge >= 0.3 is 0 Å². The summed E-state index contributed by atoms with van der Waals surface area (Å²) in [4.78, 5) is 4.48. The molecule has 0 aromatic heterocycles. The molecule has 5 unspecified atom stereocenters. The summed E-state index contributed by atoms with van der Waals surface area (Å²) in [6.07, 6.45) is 3.65. The Bertz CT molecular complexity index is 687. The Hall–Kier alpha value is -1.23. The van der Waals surface area contributed by atoms with Gasteiger partial charge in [0.25, 0.3) is 0 Å². The van der Waals surface area contributed by atoms with E-state index in [1.165, 1.54) is 5.57 Å². The number of aliphatic imine (C=N–C) groups is 1. The number of hydrogen-bond acceptors (Lipinski definition) is 6. The van der Waals surface area contributed by atoms with Crippen molar-refractivity contribution in [2.45, 2.75) is 97.9 Å². The average molecular weight is 497 g/mol. The summed E-state index contributed by atoms with van der Waals surface area (Å²) >= 11 is 6.46. The molecule has 0 aliphatic rings. The maximum absolute atomic E-state index is 9.78. The first-order chi connectivity index (χ1) is 16.1. The van der Waals surface area contributed by atoms with Crippen LogP contribution in [0.1, 0.15) is 73.6 Å². The Morgan fingerprint density at radius 2 is 1.82 bits per heavy atom. The largest absolute Gasteiger partial charge is 0.376 e. The van der Waals surface area contributed by atoms with Crippen LogP contribution in [0.4, 0.5) is 0 Å². The van der Waals surface area contributed by atoms with Gasteiger partial charge in [-0.3, -0.25) is 10.3 Å². The molecule has 0 saturated heterocycles. The van der Waals surface area contributed by atoms with Gasteiger partial charge in [0, 0.05) is 49.9 Å². The lowest BCUT2D eigenvalue weighted by Crippen LogP contribution is -2.40. The van der Waals surface area contributed by atoms with Crippen molar-refractivity contribution in [3.8, 4) is 6.07 Å². The van der Waals surface area contributed by atoms with Gasteiger partial charge in [0.15, 0.2) is 0 Å². The van der Waals surface area contributed by atoms with Crippen LogP contribution in [0.5, 0.6) is 0 Å². The lowest BCUT2D eigenvalue weighted by molar-refractivity contribution is -0.0582. The minimum absolute atomic E-state index is 0.0588. The number of rotatable bonds is 19. The number of halogens is 1. The highest BCUT2D eigenvalue weighted by molar-refractivity contribution is 6.29. The lowest BCUT2D eigenvalue weighted by Gasteiger charge is -2.27. The van der Waals surface area contributed by atoms with Gasteiger partial charge in [0.1, 0.15) is 0 Å². The standard InChI is InChI=1S/C27H49ClN4O2/c1-10-19(3)25(28)16-20(4)22(6)32-24(18-29)15-21(5)26(31-9)17-27(33-11-2)23(7)34-14-12-13-30-8/h20,22-24,27,30,32H,5,10-17H2,1-4,6-9H3. The number of nitrogens with zero attached hydrogens (tertiary/aromatic N) is 2. The number of ether oxygens (including phenoxy) is 2. The zero-order valence-corrected chi connectivity index (χ0v) is 23.6. The van der Waals surface area contributed by atoms with Crippen molar-refractivity contribution in [3.05, 3.63) is 22.8 Å². The first-order valence-electron chi connectivity index (χ1n) is 12.7. The summed E-state index contributed by atoms with van der Waals surface area (Å²) < 4.78 is 12.0. The van der Waals surface area contributed by atoms with E-state index in [0.29, 0.717) is 32.0 Å². The molecule has 0 heterocycles. The van der Waals surface area contributed by atoms with Crippen LogP contribution in [-0.2, 0) is 9.47 Å². The summed E-state index contributed by atoms with van der Waals surface area (Å²) in [5, 5.41) is 17.3. The third kappa shape index (κ3) is 13.0. The Morgan fingerprint density at radius 1 is 1.15 bits per heavy atom. The van der Waals surface area contributed by atoms with Gasteiger partial charge in [-0.15, -0.1) is 0 Å². The van der Waals surface area contributed by atoms with Crippen LogP contribution in [0.25, 0.3) is 0 Å². The predicted molar refractivity (Wildman–Crippen MR) is 146 cm³/mol. The molecule has 0 rings (SSSR count). The maximum Gasteiger partial charge on any atom is 0.0996 e. The zero-order chi connectivity index (χ0) is 26.1. The van der Waals surface area contributed by atoms with Crippen LogP contribution in [0.15, 0.2) is 27.7 Å². The van der Waals surface area contributed by atoms with Gasteiger partial charge in [-0.25, -0.2) is 0 Å². The van der Waals surface area contributed by atoms with Crippen molar-refractivity contribution in [1.29, 1.82) is 5.26 Å². The number of hydrogen-bond donors (Lipinski definition) is 2. The third-order valence-corrected chi connectivity index (χ3v) is 6.82. The fraction of sp³-hybridized carbons (Fsp3) is 0.778. The summed E-state index contributed by atoms with van der Waals surface area (Å²) in [5.74, 6) is 0.306. The molecular weight excluding hydrogens is 448 g/mol. The van der Waals surface area contributed by atoms with Gasteiger partial charge < -0.3 is 14.8 Å². The highest BCUT2D eigenvalue weighted by atomic mass is 35.5. The second kappa shape index (κ2) is 19.0. The fourth-order valence-corrected chi connectivity index (χ4v) is 3.97. The van der Waals surface area contributed by atoms with Crippen molar-refractivity contribution < 1.29 is 9.47 Å². The molecule has 0 bridgehead atoms. The Balaban J connectivity index is 5.02. The molecule has 0 aromatic carbocycles. The summed E-state index contributed by atoms with van der Waals surface area (Å²) in [6.45, 7) is 18.9. The van der Waals surface area contributed by atoms with E-state index < -0.39 is 0 Å². The van der Waals surface area contributed by atoms with E-state index in [0.717, 1.165) is 42.1 Å². The van der Waals surface area contributed by atoms with E-state index in [-0.39, 0.29) is 24.3 Å². The molecule has 0 saturated carbocycles. The van der Waals surface area contributed by atoms with E-state index in [4.69, 9.17) is 21.1 Å². The van der Waals surface area contributed by atoms with Crippen LogP contribution < -0.4 is 10.6 Å². The number of allylic oxidation sites excluding steroid dienone is 2. The predicted octanol–water partition coefficient (Wildman–Crippen LogP) is 5.63. The highest BCUT2D eigenvalue weighted by Crippen LogP contribution is 2.23. The summed E-state index contributed by atoms with van der Waals surface area (Å²) in [7, 11) is 3.71. The van der Waals surface area contributed by atoms with E-state index >= 15 is 0 Å². The average Bonchev–Trinajstić information content (AvgIpc) is 2.82. The molecule has 2 N–H and O–H groups in total. The summed E-state index contributed by atoms with van der Waals surface area (Å²) in [6, 6.07) is 2.18. The van der Waals surface area contributed by atoms with Gasteiger partial charge in [0.2, 0.25) is 0 Å². The molecule has 0 aromatic rings. The van der Waals surface area contributed by atoms with Crippen LogP contribution in [0.3, 0.4) is 0 Å². The second-order valence-corrected chi connectivity index (χ2v) is 9.52. The smallest absolute Gasteiger partial charge is 0.0996 e. The highest BCUT2D eigenvalue weighted by Gasteiger charge is 2.24. The molecule has 0 fully saturated rings. The van der Waals surface area contributed by atoms with E-state index in [1.807, 2.05) is 20.9 Å². The topological polar surface area (TPSA) is 78.7 Å². The molecule has 0 radical (unpaired) electrons. The van der Waals surface area contributed by atoms with Crippen LogP contribution in [0, 0.1) is 17.2 Å². The van der Waals surface area contributed by atoms with Gasteiger partial charge in [-0.1, -0.05) is 37.6 Å². The lowest BCUT2D eigenvalue weighted by atomic mass is 9.94. The summed E-state index contributed by atoms with van der Waals surface area (Å²) in [5.41, 5.74) is 2.95. The van der Waals surface area contributed by atoms with Crippen molar-refractivity contribution >= 4 is 17.3 Å². The Morgan fingerprint density at radius 3 is 2.35 bits per heavy atom. The van der Waals surface area contributed by atoms with Gasteiger partial charge in [-0.2, -0.15) is 5.26 Å². The van der Waals surface area contributed by atoms with Crippen LogP contribution >= 0.6 is 11.6 Å². The molecule has 6 nitrogen and oxygen atoms in total. The molecule has 0 amide bonds. The van der Waals surface area contributed by atoms with Crippen molar-refractivity contribution in [3.63, 3.8) is 0 Å². The first kappa shape index (κ1) is 32.8. The van der Waals surface area contributed by atoms with Crippen molar-refractivity contribution in [1.82, 2.24) is 10.6 Å². The molecule has 0 spiro atoms. The van der Waals surface area contributed by atoms with Crippen molar-refractivity contribution in [2.75, 3.05) is 33.9 Å². The normalized spacial score (nSPS) is 17.4. The molecule has 196 valence electrons. The number of nitrogens with one attached hydrogen (secondary N) is 2. The molecular formula is C27H49ClN4O2. The van der Waals surface area contributed by atoms with E-state index in [2.05, 4.69) is 56.0 Å². The molecule has 7 heteroatoms. The number of nitriles is 1. The second-order valence-electron chi connectivity index (χ2n) is 9.07. The third-order valence-electron chi connectivity index (χ3n) is 6.35. The minimum Gasteiger partial charge on any atom is -0.376 e. The Labute approximate surface area is 214 Å².